The summed E-state index contributed by atoms with van der Waals surface area (Å²) in [6, 6.07) is 3.53. The monoisotopic (exact) mass is 469 g/mol. The molecule has 3 heterocycles. The lowest BCUT2D eigenvalue weighted by molar-refractivity contribution is -0.120. The normalized spacial score (nSPS) is 15.1. The van der Waals surface area contributed by atoms with Crippen molar-refractivity contribution in [2.45, 2.75) is 59.0 Å². The molecule has 2 N–H and O–H groups in total. The molecule has 1 aliphatic rings. The second kappa shape index (κ2) is 10.1. The molecule has 0 spiro atoms. The van der Waals surface area contributed by atoms with Gasteiger partial charge in [0.1, 0.15) is 22.1 Å². The van der Waals surface area contributed by atoms with Crippen LogP contribution in [0.15, 0.2) is 28.2 Å². The molecule has 3 aromatic rings. The van der Waals surface area contributed by atoms with E-state index in [0.29, 0.717) is 39.2 Å². The Labute approximate surface area is 196 Å². The highest BCUT2D eigenvalue weighted by Crippen LogP contribution is 2.32. The summed E-state index contributed by atoms with van der Waals surface area (Å²) in [5.41, 5.74) is 2.69. The standard InChI is InChI=1S/C23H27N5O4S/c1-13-17(26-21(29)16-7-5-4-6-8-16)9-10-18(25-13)20-19(14(2)28-32-20)27-23(30)31-15(3)22-24-11-12-33-22/h9-12,15-16H,4-8H2,1-3H3,(H,26,29)(H,27,30)/t15-/m0/s1. The van der Waals surface area contributed by atoms with Gasteiger partial charge in [-0.15, -0.1) is 11.3 Å². The topological polar surface area (TPSA) is 119 Å². The Morgan fingerprint density at radius 1 is 1.15 bits per heavy atom. The van der Waals surface area contributed by atoms with Crippen LogP contribution in [-0.2, 0) is 9.53 Å². The molecule has 0 aliphatic heterocycles. The second-order valence-electron chi connectivity index (χ2n) is 8.17. The number of hydrogen-bond acceptors (Lipinski definition) is 8. The Kier molecular flexibility index (Phi) is 7.02. The van der Waals surface area contributed by atoms with Crippen molar-refractivity contribution in [2.24, 2.45) is 5.92 Å². The molecular weight excluding hydrogens is 442 g/mol. The van der Waals surface area contributed by atoms with Gasteiger partial charge in [0, 0.05) is 17.5 Å². The molecule has 0 radical (unpaired) electrons. The van der Waals surface area contributed by atoms with Crippen molar-refractivity contribution < 1.29 is 18.8 Å². The number of thiazole rings is 1. The van der Waals surface area contributed by atoms with Gasteiger partial charge in [0.2, 0.25) is 11.7 Å². The molecule has 0 saturated heterocycles. The van der Waals surface area contributed by atoms with Gasteiger partial charge < -0.3 is 14.6 Å². The van der Waals surface area contributed by atoms with Gasteiger partial charge in [-0.05, 0) is 45.7 Å². The lowest BCUT2D eigenvalue weighted by Gasteiger charge is -2.21. The first-order valence-electron chi connectivity index (χ1n) is 11.0. The van der Waals surface area contributed by atoms with Crippen LogP contribution in [0.3, 0.4) is 0 Å². The van der Waals surface area contributed by atoms with E-state index >= 15 is 0 Å². The Morgan fingerprint density at radius 2 is 1.94 bits per heavy atom. The fourth-order valence-electron chi connectivity index (χ4n) is 3.89. The zero-order valence-corrected chi connectivity index (χ0v) is 19.7. The second-order valence-corrected chi connectivity index (χ2v) is 9.09. The van der Waals surface area contributed by atoms with E-state index in [9.17, 15) is 9.59 Å². The Morgan fingerprint density at radius 3 is 2.64 bits per heavy atom. The lowest BCUT2D eigenvalue weighted by Crippen LogP contribution is -2.25. The summed E-state index contributed by atoms with van der Waals surface area (Å²) in [4.78, 5) is 33.8. The van der Waals surface area contributed by atoms with Gasteiger partial charge in [-0.25, -0.2) is 14.8 Å². The van der Waals surface area contributed by atoms with Crippen LogP contribution in [-0.4, -0.2) is 27.1 Å². The van der Waals surface area contributed by atoms with Crippen molar-refractivity contribution in [1.29, 1.82) is 0 Å². The van der Waals surface area contributed by atoms with Crippen LogP contribution in [0.1, 0.15) is 61.5 Å². The number of aryl methyl sites for hydroxylation is 2. The molecule has 0 aromatic carbocycles. The minimum atomic E-state index is -0.640. The Bertz CT molecular complexity index is 1120. The van der Waals surface area contributed by atoms with Crippen molar-refractivity contribution in [1.82, 2.24) is 15.1 Å². The van der Waals surface area contributed by atoms with Gasteiger partial charge in [0.05, 0.1) is 11.4 Å². The van der Waals surface area contributed by atoms with Crippen molar-refractivity contribution in [3.63, 3.8) is 0 Å². The quantitative estimate of drug-likeness (QED) is 0.479. The molecule has 1 atom stereocenters. The number of pyridine rings is 1. The highest BCUT2D eigenvalue weighted by molar-refractivity contribution is 7.09. The van der Waals surface area contributed by atoms with Gasteiger partial charge in [-0.2, -0.15) is 0 Å². The number of ether oxygens (including phenoxy) is 1. The molecule has 1 saturated carbocycles. The molecule has 9 nitrogen and oxygen atoms in total. The zero-order chi connectivity index (χ0) is 23.4. The maximum atomic E-state index is 12.6. The Hall–Kier alpha value is -3.27. The number of amides is 2. The van der Waals surface area contributed by atoms with E-state index in [0.717, 1.165) is 25.7 Å². The van der Waals surface area contributed by atoms with Gasteiger partial charge in [0.25, 0.3) is 0 Å². The summed E-state index contributed by atoms with van der Waals surface area (Å²) in [6.07, 6.45) is 5.79. The number of hydrogen-bond donors (Lipinski definition) is 2. The largest absolute Gasteiger partial charge is 0.439 e. The minimum absolute atomic E-state index is 0.0438. The summed E-state index contributed by atoms with van der Waals surface area (Å²) in [7, 11) is 0. The molecule has 1 fully saturated rings. The highest BCUT2D eigenvalue weighted by atomic mass is 32.1. The summed E-state index contributed by atoms with van der Waals surface area (Å²) >= 11 is 1.41. The number of nitrogens with one attached hydrogen (secondary N) is 2. The molecule has 2 amide bonds. The number of anilines is 2. The first-order valence-corrected chi connectivity index (χ1v) is 11.9. The predicted octanol–water partition coefficient (Wildman–Crippen LogP) is 5.64. The SMILES string of the molecule is Cc1nc(-c2onc(C)c2NC(=O)O[C@@H](C)c2nccs2)ccc1NC(=O)C1CCCCC1. The highest BCUT2D eigenvalue weighted by Gasteiger charge is 2.24. The van der Waals surface area contributed by atoms with Crippen LogP contribution in [0, 0.1) is 19.8 Å². The summed E-state index contributed by atoms with van der Waals surface area (Å²) < 4.78 is 10.9. The third-order valence-electron chi connectivity index (χ3n) is 5.73. The molecule has 0 unspecified atom stereocenters. The van der Waals surface area contributed by atoms with Gasteiger partial charge in [0.15, 0.2) is 6.10 Å². The minimum Gasteiger partial charge on any atom is -0.439 e. The van der Waals surface area contributed by atoms with Gasteiger partial charge >= 0.3 is 6.09 Å². The first-order chi connectivity index (χ1) is 15.9. The lowest BCUT2D eigenvalue weighted by atomic mass is 9.88. The van der Waals surface area contributed by atoms with E-state index in [1.54, 1.807) is 32.2 Å². The van der Waals surface area contributed by atoms with Crippen LogP contribution in [0.5, 0.6) is 0 Å². The fourth-order valence-corrected chi connectivity index (χ4v) is 4.51. The van der Waals surface area contributed by atoms with Crippen LogP contribution < -0.4 is 10.6 Å². The number of aromatic nitrogens is 3. The molecule has 174 valence electrons. The van der Waals surface area contributed by atoms with E-state index in [1.165, 1.54) is 17.8 Å². The summed E-state index contributed by atoms with van der Waals surface area (Å²) in [5.74, 6) is 0.422. The van der Waals surface area contributed by atoms with Crippen molar-refractivity contribution in [3.8, 4) is 11.5 Å². The maximum absolute atomic E-state index is 12.6. The molecule has 3 aromatic heterocycles. The third kappa shape index (κ3) is 5.39. The van der Waals surface area contributed by atoms with E-state index in [2.05, 4.69) is 25.8 Å². The summed E-state index contributed by atoms with van der Waals surface area (Å²) in [5, 5.41) is 12.2. The number of carbonyl (C=O) groups excluding carboxylic acids is 2. The van der Waals surface area contributed by atoms with Gasteiger partial charge in [-0.3, -0.25) is 10.1 Å². The van der Waals surface area contributed by atoms with E-state index < -0.39 is 12.2 Å². The van der Waals surface area contributed by atoms with E-state index in [4.69, 9.17) is 9.26 Å². The van der Waals surface area contributed by atoms with Crippen LogP contribution in [0.4, 0.5) is 16.2 Å². The van der Waals surface area contributed by atoms with Crippen LogP contribution in [0.25, 0.3) is 11.5 Å². The molecule has 4 rings (SSSR count). The third-order valence-corrected chi connectivity index (χ3v) is 6.66. The number of carbonyl (C=O) groups is 2. The molecule has 0 bridgehead atoms. The van der Waals surface area contributed by atoms with Crippen LogP contribution in [0.2, 0.25) is 0 Å². The number of nitrogens with zero attached hydrogens (tertiary/aromatic N) is 3. The van der Waals surface area contributed by atoms with Crippen molar-refractivity contribution in [3.05, 3.63) is 40.1 Å². The average Bonchev–Trinajstić information content (AvgIpc) is 3.47. The predicted molar refractivity (Wildman–Crippen MR) is 125 cm³/mol. The summed E-state index contributed by atoms with van der Waals surface area (Å²) in [6.45, 7) is 5.30. The van der Waals surface area contributed by atoms with E-state index in [-0.39, 0.29) is 11.8 Å². The zero-order valence-electron chi connectivity index (χ0n) is 18.9. The molecule has 33 heavy (non-hydrogen) atoms. The molecule has 10 heteroatoms. The molecular formula is C23H27N5O4S. The van der Waals surface area contributed by atoms with E-state index in [1.807, 2.05) is 12.3 Å². The Balaban J connectivity index is 1.46. The van der Waals surface area contributed by atoms with Crippen molar-refractivity contribution in [2.75, 3.05) is 10.6 Å². The molecule has 1 aliphatic carbocycles. The average molecular weight is 470 g/mol. The van der Waals surface area contributed by atoms with Crippen LogP contribution >= 0.6 is 11.3 Å². The smallest absolute Gasteiger partial charge is 0.412 e. The van der Waals surface area contributed by atoms with Crippen molar-refractivity contribution >= 4 is 34.7 Å². The fraction of sp³-hybridized carbons (Fsp3) is 0.435. The van der Waals surface area contributed by atoms with Gasteiger partial charge in [-0.1, -0.05) is 24.4 Å². The maximum Gasteiger partial charge on any atom is 0.412 e. The number of rotatable bonds is 6. The first kappa shape index (κ1) is 22.9.